The summed E-state index contributed by atoms with van der Waals surface area (Å²) in [6.45, 7) is 2.41. The van der Waals surface area contributed by atoms with Crippen LogP contribution >= 0.6 is 11.6 Å². The number of anilines is 1. The van der Waals surface area contributed by atoms with Gasteiger partial charge in [-0.3, -0.25) is 4.79 Å². The first-order valence-corrected chi connectivity index (χ1v) is 6.53. The van der Waals surface area contributed by atoms with Gasteiger partial charge in [0.1, 0.15) is 11.4 Å². The molecule has 0 saturated heterocycles. The summed E-state index contributed by atoms with van der Waals surface area (Å²) in [5.74, 6) is -1.85. The molecule has 0 fully saturated rings. The van der Waals surface area contributed by atoms with Crippen LogP contribution in [0.4, 0.5) is 5.69 Å². The van der Waals surface area contributed by atoms with Gasteiger partial charge in [-0.05, 0) is 31.2 Å². The molecule has 1 heterocycles. The standard InChI is InChI=1S/C14H13ClN2O4/c1-2-17-7-9(15)6-11(17)13(19)16-10-5-8(14(20)21)3-4-12(10)18/h3-7,18H,2H2,1H3,(H,16,19)(H,20,21). The van der Waals surface area contributed by atoms with E-state index in [0.717, 1.165) is 0 Å². The third-order valence-corrected chi connectivity index (χ3v) is 3.13. The lowest BCUT2D eigenvalue weighted by Crippen LogP contribution is -2.16. The quantitative estimate of drug-likeness (QED) is 0.757. The number of phenols is 1. The Hall–Kier alpha value is -2.47. The van der Waals surface area contributed by atoms with Crippen molar-refractivity contribution in [2.45, 2.75) is 13.5 Å². The maximum atomic E-state index is 12.2. The van der Waals surface area contributed by atoms with E-state index in [4.69, 9.17) is 16.7 Å². The van der Waals surface area contributed by atoms with Crippen LogP contribution in [0, 0.1) is 0 Å². The molecule has 0 aliphatic heterocycles. The zero-order chi connectivity index (χ0) is 15.6. The number of aromatic nitrogens is 1. The van der Waals surface area contributed by atoms with Gasteiger partial charge >= 0.3 is 5.97 Å². The molecule has 1 aromatic heterocycles. The van der Waals surface area contributed by atoms with Gasteiger partial charge in [0.2, 0.25) is 0 Å². The van der Waals surface area contributed by atoms with Gasteiger partial charge in [-0.2, -0.15) is 0 Å². The minimum Gasteiger partial charge on any atom is -0.506 e. The van der Waals surface area contributed by atoms with E-state index in [1.54, 1.807) is 10.8 Å². The van der Waals surface area contributed by atoms with Crippen LogP contribution in [-0.2, 0) is 6.54 Å². The number of aromatic hydroxyl groups is 1. The molecule has 7 heteroatoms. The van der Waals surface area contributed by atoms with Crippen molar-refractivity contribution in [3.8, 4) is 5.75 Å². The Bertz CT molecular complexity index is 709. The van der Waals surface area contributed by atoms with Gasteiger partial charge in [-0.1, -0.05) is 11.6 Å². The number of hydrogen-bond acceptors (Lipinski definition) is 3. The number of carbonyl (C=O) groups excluding carboxylic acids is 1. The number of phenolic OH excluding ortho intramolecular Hbond substituents is 1. The maximum absolute atomic E-state index is 12.2. The number of amides is 1. The summed E-state index contributed by atoms with van der Waals surface area (Å²) in [5, 5.41) is 21.5. The van der Waals surface area contributed by atoms with Gasteiger partial charge in [0.25, 0.3) is 5.91 Å². The van der Waals surface area contributed by atoms with Crippen LogP contribution in [0.1, 0.15) is 27.8 Å². The number of halogens is 1. The SMILES string of the molecule is CCn1cc(Cl)cc1C(=O)Nc1cc(C(=O)O)ccc1O. The van der Waals surface area contributed by atoms with Crippen molar-refractivity contribution >= 4 is 29.2 Å². The number of carboxylic acids is 1. The molecule has 21 heavy (non-hydrogen) atoms. The fourth-order valence-corrected chi connectivity index (χ4v) is 2.10. The van der Waals surface area contributed by atoms with Gasteiger partial charge in [-0.25, -0.2) is 4.79 Å². The zero-order valence-corrected chi connectivity index (χ0v) is 11.9. The van der Waals surface area contributed by atoms with Crippen LogP contribution < -0.4 is 5.32 Å². The summed E-state index contributed by atoms with van der Waals surface area (Å²) in [4.78, 5) is 23.1. The second-order valence-electron chi connectivity index (χ2n) is 4.32. The second-order valence-corrected chi connectivity index (χ2v) is 4.76. The second kappa shape index (κ2) is 5.88. The predicted octanol–water partition coefficient (Wildman–Crippen LogP) is 2.82. The Labute approximate surface area is 125 Å². The molecule has 6 nitrogen and oxygen atoms in total. The van der Waals surface area contributed by atoms with Crippen molar-refractivity contribution in [1.82, 2.24) is 4.57 Å². The Morgan fingerprint density at radius 1 is 1.33 bits per heavy atom. The summed E-state index contributed by atoms with van der Waals surface area (Å²) in [5.41, 5.74) is 0.314. The summed E-state index contributed by atoms with van der Waals surface area (Å²) in [7, 11) is 0. The first kappa shape index (κ1) is 14.9. The van der Waals surface area contributed by atoms with Gasteiger partial charge in [-0.15, -0.1) is 0 Å². The Morgan fingerprint density at radius 2 is 2.05 bits per heavy atom. The summed E-state index contributed by atoms with van der Waals surface area (Å²) >= 11 is 5.86. The molecule has 0 saturated carbocycles. The molecule has 1 aromatic carbocycles. The van der Waals surface area contributed by atoms with E-state index in [9.17, 15) is 14.7 Å². The highest BCUT2D eigenvalue weighted by Crippen LogP contribution is 2.25. The molecule has 0 atom stereocenters. The van der Waals surface area contributed by atoms with E-state index < -0.39 is 11.9 Å². The number of aryl methyl sites for hydroxylation is 1. The number of carbonyl (C=O) groups is 2. The van der Waals surface area contributed by atoms with E-state index in [-0.39, 0.29) is 17.0 Å². The number of carboxylic acid groups (broad SMARTS) is 1. The highest BCUT2D eigenvalue weighted by Gasteiger charge is 2.15. The highest BCUT2D eigenvalue weighted by molar-refractivity contribution is 6.31. The van der Waals surface area contributed by atoms with Crippen LogP contribution in [0.5, 0.6) is 5.75 Å². The monoisotopic (exact) mass is 308 g/mol. The Balaban J connectivity index is 2.31. The van der Waals surface area contributed by atoms with Crippen LogP contribution in [0.15, 0.2) is 30.5 Å². The molecule has 1 amide bonds. The minimum absolute atomic E-state index is 0.0277. The highest BCUT2D eigenvalue weighted by atomic mass is 35.5. The van der Waals surface area contributed by atoms with Crippen LogP contribution in [-0.4, -0.2) is 26.7 Å². The normalized spacial score (nSPS) is 10.4. The molecule has 2 aromatic rings. The molecule has 0 bridgehead atoms. The van der Waals surface area contributed by atoms with Crippen molar-refractivity contribution in [1.29, 1.82) is 0 Å². The smallest absolute Gasteiger partial charge is 0.335 e. The lowest BCUT2D eigenvalue weighted by atomic mass is 10.2. The third-order valence-electron chi connectivity index (χ3n) is 2.93. The molecule has 110 valence electrons. The third kappa shape index (κ3) is 3.17. The van der Waals surface area contributed by atoms with Crippen molar-refractivity contribution in [3.63, 3.8) is 0 Å². The van der Waals surface area contributed by atoms with E-state index in [0.29, 0.717) is 17.3 Å². The topological polar surface area (TPSA) is 91.6 Å². The van der Waals surface area contributed by atoms with E-state index in [1.807, 2.05) is 6.92 Å². The Kier molecular flexibility index (Phi) is 4.18. The number of hydrogen-bond donors (Lipinski definition) is 3. The Morgan fingerprint density at radius 3 is 2.67 bits per heavy atom. The van der Waals surface area contributed by atoms with Gasteiger partial charge < -0.3 is 20.1 Å². The number of aromatic carboxylic acids is 1. The largest absolute Gasteiger partial charge is 0.506 e. The zero-order valence-electron chi connectivity index (χ0n) is 11.1. The lowest BCUT2D eigenvalue weighted by Gasteiger charge is -2.09. The molecule has 0 radical (unpaired) electrons. The predicted molar refractivity (Wildman–Crippen MR) is 78.1 cm³/mol. The van der Waals surface area contributed by atoms with Gasteiger partial charge in [0.05, 0.1) is 16.3 Å². The van der Waals surface area contributed by atoms with E-state index in [1.165, 1.54) is 24.3 Å². The van der Waals surface area contributed by atoms with Crippen LogP contribution in [0.25, 0.3) is 0 Å². The molecular formula is C14H13ClN2O4. The molecule has 0 spiro atoms. The fourth-order valence-electron chi connectivity index (χ4n) is 1.88. The average Bonchev–Trinajstić information content (AvgIpc) is 2.82. The number of benzene rings is 1. The van der Waals surface area contributed by atoms with Gasteiger partial charge in [0, 0.05) is 12.7 Å². The first-order chi connectivity index (χ1) is 9.92. The van der Waals surface area contributed by atoms with Crippen LogP contribution in [0.3, 0.4) is 0 Å². The average molecular weight is 309 g/mol. The molecule has 0 aliphatic rings. The van der Waals surface area contributed by atoms with E-state index in [2.05, 4.69) is 5.32 Å². The minimum atomic E-state index is -1.15. The lowest BCUT2D eigenvalue weighted by molar-refractivity contribution is 0.0696. The summed E-state index contributed by atoms with van der Waals surface area (Å²) in [6.07, 6.45) is 1.62. The maximum Gasteiger partial charge on any atom is 0.335 e. The van der Waals surface area contributed by atoms with Crippen molar-refractivity contribution in [3.05, 3.63) is 46.7 Å². The number of nitrogens with zero attached hydrogens (tertiary/aromatic N) is 1. The number of nitrogens with one attached hydrogen (secondary N) is 1. The number of rotatable bonds is 4. The molecule has 2 rings (SSSR count). The van der Waals surface area contributed by atoms with Gasteiger partial charge in [0.15, 0.2) is 0 Å². The van der Waals surface area contributed by atoms with Crippen LogP contribution in [0.2, 0.25) is 5.02 Å². The molecular weight excluding hydrogens is 296 g/mol. The molecule has 0 unspecified atom stereocenters. The van der Waals surface area contributed by atoms with Crippen molar-refractivity contribution < 1.29 is 19.8 Å². The fraction of sp³-hybridized carbons (Fsp3) is 0.143. The summed E-state index contributed by atoms with van der Waals surface area (Å²) in [6, 6.07) is 5.15. The molecule has 3 N–H and O–H groups in total. The molecule has 0 aliphatic carbocycles. The summed E-state index contributed by atoms with van der Waals surface area (Å²) < 4.78 is 1.65. The van der Waals surface area contributed by atoms with Crippen molar-refractivity contribution in [2.24, 2.45) is 0 Å². The first-order valence-electron chi connectivity index (χ1n) is 6.15. The van der Waals surface area contributed by atoms with Crippen molar-refractivity contribution in [2.75, 3.05) is 5.32 Å². The van der Waals surface area contributed by atoms with E-state index >= 15 is 0 Å².